The molecule has 0 saturated carbocycles. The van der Waals surface area contributed by atoms with Crippen molar-refractivity contribution in [3.8, 4) is 0 Å². The van der Waals surface area contributed by atoms with Gasteiger partial charge in [-0.1, -0.05) is 25.8 Å². The van der Waals surface area contributed by atoms with Crippen LogP contribution in [0.5, 0.6) is 0 Å². The van der Waals surface area contributed by atoms with Crippen molar-refractivity contribution in [2.24, 2.45) is 0 Å². The molecule has 0 radical (unpaired) electrons. The monoisotopic (exact) mass is 231 g/mol. The molecule has 88 valence electrons. The molecule has 0 amide bonds. The lowest BCUT2D eigenvalue weighted by Gasteiger charge is -2.13. The van der Waals surface area contributed by atoms with Gasteiger partial charge in [-0.15, -0.1) is 6.58 Å². The first kappa shape index (κ1) is 14.5. The molecule has 0 heterocycles. The maximum Gasteiger partial charge on any atom is 0.320 e. The van der Waals surface area contributed by atoms with Crippen LogP contribution in [0.3, 0.4) is 0 Å². The average molecular weight is 231 g/mol. The van der Waals surface area contributed by atoms with Gasteiger partial charge < -0.3 is 10.4 Å². The highest BCUT2D eigenvalue weighted by atomic mass is 32.2. The van der Waals surface area contributed by atoms with Gasteiger partial charge in [0.2, 0.25) is 0 Å². The number of carbonyl (C=O) groups is 1. The van der Waals surface area contributed by atoms with Crippen molar-refractivity contribution in [1.82, 2.24) is 5.32 Å². The van der Waals surface area contributed by atoms with Crippen LogP contribution in [0.25, 0.3) is 0 Å². The van der Waals surface area contributed by atoms with E-state index in [1.807, 2.05) is 6.08 Å². The number of unbranched alkanes of at least 4 members (excludes halogenated alkanes) is 1. The number of hydrogen-bond donors (Lipinski definition) is 2. The van der Waals surface area contributed by atoms with E-state index >= 15 is 0 Å². The molecular weight excluding hydrogens is 210 g/mol. The smallest absolute Gasteiger partial charge is 0.320 e. The van der Waals surface area contributed by atoms with Crippen LogP contribution < -0.4 is 5.32 Å². The van der Waals surface area contributed by atoms with Crippen LogP contribution in [0.2, 0.25) is 0 Å². The van der Waals surface area contributed by atoms with Crippen LogP contribution in [0.1, 0.15) is 26.2 Å². The van der Waals surface area contributed by atoms with Crippen molar-refractivity contribution >= 4 is 17.7 Å². The van der Waals surface area contributed by atoms with E-state index < -0.39 is 5.97 Å². The van der Waals surface area contributed by atoms with Crippen molar-refractivity contribution < 1.29 is 9.90 Å². The summed E-state index contributed by atoms with van der Waals surface area (Å²) in [5, 5.41) is 12.0. The van der Waals surface area contributed by atoms with E-state index in [9.17, 15) is 4.79 Å². The summed E-state index contributed by atoms with van der Waals surface area (Å²) in [6.07, 6.45) is 4.58. The second-order valence-electron chi connectivity index (χ2n) is 3.35. The highest BCUT2D eigenvalue weighted by Crippen LogP contribution is 2.02. The van der Waals surface area contributed by atoms with E-state index in [1.165, 1.54) is 0 Å². The predicted molar refractivity (Wildman–Crippen MR) is 66.5 cm³/mol. The van der Waals surface area contributed by atoms with Crippen LogP contribution in [-0.4, -0.2) is 35.2 Å². The van der Waals surface area contributed by atoms with Crippen molar-refractivity contribution in [3.05, 3.63) is 12.7 Å². The van der Waals surface area contributed by atoms with Gasteiger partial charge in [-0.05, 0) is 6.42 Å². The van der Waals surface area contributed by atoms with Gasteiger partial charge in [-0.3, -0.25) is 4.79 Å². The quantitative estimate of drug-likeness (QED) is 0.447. The summed E-state index contributed by atoms with van der Waals surface area (Å²) in [7, 11) is 0. The van der Waals surface area contributed by atoms with E-state index in [2.05, 4.69) is 18.8 Å². The minimum Gasteiger partial charge on any atom is -0.480 e. The van der Waals surface area contributed by atoms with Crippen LogP contribution in [0.15, 0.2) is 12.7 Å². The molecule has 0 spiro atoms. The first-order valence-electron chi connectivity index (χ1n) is 5.37. The van der Waals surface area contributed by atoms with E-state index in [4.69, 9.17) is 5.11 Å². The Morgan fingerprint density at radius 2 is 2.40 bits per heavy atom. The highest BCUT2D eigenvalue weighted by Gasteiger charge is 2.14. The Hall–Kier alpha value is -0.480. The van der Waals surface area contributed by atoms with Gasteiger partial charge in [0.15, 0.2) is 0 Å². The SMILES string of the molecule is C=CCSCCNC(CCCC)C(=O)O. The molecule has 3 nitrogen and oxygen atoms in total. The van der Waals surface area contributed by atoms with Gasteiger partial charge in [0, 0.05) is 18.1 Å². The fraction of sp³-hybridized carbons (Fsp3) is 0.727. The lowest BCUT2D eigenvalue weighted by atomic mass is 10.1. The van der Waals surface area contributed by atoms with E-state index in [0.717, 1.165) is 37.3 Å². The molecule has 0 aromatic heterocycles. The van der Waals surface area contributed by atoms with Gasteiger partial charge >= 0.3 is 5.97 Å². The summed E-state index contributed by atoms with van der Waals surface area (Å²) in [4.78, 5) is 10.8. The maximum absolute atomic E-state index is 10.8. The summed E-state index contributed by atoms with van der Waals surface area (Å²) >= 11 is 1.76. The molecule has 1 atom stereocenters. The fourth-order valence-corrected chi connectivity index (χ4v) is 1.79. The fourth-order valence-electron chi connectivity index (χ4n) is 1.19. The van der Waals surface area contributed by atoms with Crippen LogP contribution in [-0.2, 0) is 4.79 Å². The van der Waals surface area contributed by atoms with Crippen LogP contribution in [0.4, 0.5) is 0 Å². The standard InChI is InChI=1S/C11H21NO2S/c1-3-5-6-10(11(13)14)12-7-9-15-8-4-2/h4,10,12H,2-3,5-9H2,1H3,(H,13,14). The molecule has 0 aromatic carbocycles. The first-order chi connectivity index (χ1) is 7.22. The highest BCUT2D eigenvalue weighted by molar-refractivity contribution is 7.99. The lowest BCUT2D eigenvalue weighted by Crippen LogP contribution is -2.37. The third-order valence-corrected chi connectivity index (χ3v) is 2.98. The minimum absolute atomic E-state index is 0.380. The van der Waals surface area contributed by atoms with Gasteiger partial charge in [-0.25, -0.2) is 0 Å². The van der Waals surface area contributed by atoms with Crippen molar-refractivity contribution in [3.63, 3.8) is 0 Å². The Morgan fingerprint density at radius 3 is 2.93 bits per heavy atom. The zero-order valence-electron chi connectivity index (χ0n) is 9.37. The zero-order valence-corrected chi connectivity index (χ0v) is 10.2. The number of carboxylic acids is 1. The molecule has 0 bridgehead atoms. The Balaban J connectivity index is 3.57. The summed E-state index contributed by atoms with van der Waals surface area (Å²) in [5.41, 5.74) is 0. The van der Waals surface area contributed by atoms with Crippen molar-refractivity contribution in [2.45, 2.75) is 32.2 Å². The number of hydrogen-bond acceptors (Lipinski definition) is 3. The minimum atomic E-state index is -0.739. The number of carboxylic acid groups (broad SMARTS) is 1. The topological polar surface area (TPSA) is 49.3 Å². The molecule has 4 heteroatoms. The summed E-state index contributed by atoms with van der Waals surface area (Å²) in [6.45, 7) is 6.44. The number of thioether (sulfide) groups is 1. The molecule has 0 saturated heterocycles. The van der Waals surface area contributed by atoms with Gasteiger partial charge in [0.25, 0.3) is 0 Å². The second kappa shape index (κ2) is 10.1. The Morgan fingerprint density at radius 1 is 1.67 bits per heavy atom. The number of rotatable bonds is 10. The van der Waals surface area contributed by atoms with Crippen LogP contribution >= 0.6 is 11.8 Å². The third kappa shape index (κ3) is 8.51. The molecule has 15 heavy (non-hydrogen) atoms. The van der Waals surface area contributed by atoms with E-state index in [1.54, 1.807) is 11.8 Å². The Labute approximate surface area is 96.3 Å². The average Bonchev–Trinajstić information content (AvgIpc) is 2.21. The normalized spacial score (nSPS) is 12.3. The summed E-state index contributed by atoms with van der Waals surface area (Å²) in [6, 6.07) is -0.380. The molecule has 0 fully saturated rings. The van der Waals surface area contributed by atoms with Crippen molar-refractivity contribution in [1.29, 1.82) is 0 Å². The molecule has 0 aliphatic heterocycles. The van der Waals surface area contributed by atoms with Gasteiger partial charge in [0.05, 0.1) is 0 Å². The molecule has 2 N–H and O–H groups in total. The van der Waals surface area contributed by atoms with E-state index in [0.29, 0.717) is 0 Å². The summed E-state index contributed by atoms with van der Waals surface area (Å²) < 4.78 is 0. The molecule has 0 aromatic rings. The second-order valence-corrected chi connectivity index (χ2v) is 4.50. The molecule has 0 aliphatic rings. The zero-order chi connectivity index (χ0) is 11.5. The van der Waals surface area contributed by atoms with Gasteiger partial charge in [0.1, 0.15) is 6.04 Å². The van der Waals surface area contributed by atoms with Crippen molar-refractivity contribution in [2.75, 3.05) is 18.1 Å². The maximum atomic E-state index is 10.8. The molecule has 0 aliphatic carbocycles. The first-order valence-corrected chi connectivity index (χ1v) is 6.52. The number of nitrogens with one attached hydrogen (secondary N) is 1. The van der Waals surface area contributed by atoms with Gasteiger partial charge in [-0.2, -0.15) is 11.8 Å². The summed E-state index contributed by atoms with van der Waals surface area (Å²) in [5.74, 6) is 1.12. The molecule has 0 rings (SSSR count). The van der Waals surface area contributed by atoms with Crippen LogP contribution in [0, 0.1) is 0 Å². The van der Waals surface area contributed by atoms with E-state index in [-0.39, 0.29) is 6.04 Å². The largest absolute Gasteiger partial charge is 0.480 e. The third-order valence-electron chi connectivity index (χ3n) is 2.02. The lowest BCUT2D eigenvalue weighted by molar-refractivity contribution is -0.139. The molecule has 1 unspecified atom stereocenters. The Bertz CT molecular complexity index is 185. The Kier molecular flexibility index (Phi) is 9.73. The molecular formula is C11H21NO2S. The predicted octanol–water partition coefficient (Wildman–Crippen LogP) is 2.14. The number of aliphatic carboxylic acids is 1.